The predicted octanol–water partition coefficient (Wildman–Crippen LogP) is 4.38. The van der Waals surface area contributed by atoms with E-state index < -0.39 is 0 Å². The van der Waals surface area contributed by atoms with E-state index in [1.54, 1.807) is 10.9 Å². The molecular weight excluding hydrogens is 326 g/mol. The SMILES string of the molecule is Cc1ccc(C)c(-n2nc(-c3ccco3)cc2C(=O)N2CCCCC2)c1. The molecule has 0 radical (unpaired) electrons. The number of aromatic nitrogens is 2. The Kier molecular flexibility index (Phi) is 4.37. The van der Waals surface area contributed by atoms with Crippen LogP contribution in [0, 0.1) is 13.8 Å². The third kappa shape index (κ3) is 3.05. The summed E-state index contributed by atoms with van der Waals surface area (Å²) in [5, 5.41) is 4.72. The number of hydrogen-bond acceptors (Lipinski definition) is 3. The summed E-state index contributed by atoms with van der Waals surface area (Å²) < 4.78 is 7.28. The van der Waals surface area contributed by atoms with Gasteiger partial charge in [-0.1, -0.05) is 12.1 Å². The number of hydrogen-bond donors (Lipinski definition) is 0. The molecule has 1 amide bonds. The number of carbonyl (C=O) groups excluding carboxylic acids is 1. The fraction of sp³-hybridized carbons (Fsp3) is 0.333. The van der Waals surface area contributed by atoms with Gasteiger partial charge in [0.2, 0.25) is 0 Å². The summed E-state index contributed by atoms with van der Waals surface area (Å²) >= 11 is 0. The van der Waals surface area contributed by atoms with Crippen LogP contribution in [0.5, 0.6) is 0 Å². The van der Waals surface area contributed by atoms with Gasteiger partial charge in [0.25, 0.3) is 5.91 Å². The molecule has 5 nitrogen and oxygen atoms in total. The third-order valence-electron chi connectivity index (χ3n) is 4.94. The van der Waals surface area contributed by atoms with Crippen LogP contribution in [-0.2, 0) is 0 Å². The van der Waals surface area contributed by atoms with Crippen LogP contribution in [0.4, 0.5) is 0 Å². The van der Waals surface area contributed by atoms with Crippen molar-refractivity contribution in [2.24, 2.45) is 0 Å². The first-order valence-corrected chi connectivity index (χ1v) is 9.14. The summed E-state index contributed by atoms with van der Waals surface area (Å²) in [7, 11) is 0. The van der Waals surface area contributed by atoms with E-state index in [4.69, 9.17) is 9.52 Å². The lowest BCUT2D eigenvalue weighted by Gasteiger charge is -2.26. The first kappa shape index (κ1) is 16.6. The molecule has 134 valence electrons. The zero-order valence-corrected chi connectivity index (χ0v) is 15.2. The molecule has 4 rings (SSSR count). The average molecular weight is 349 g/mol. The highest BCUT2D eigenvalue weighted by Gasteiger charge is 2.25. The highest BCUT2D eigenvalue weighted by molar-refractivity contribution is 5.94. The number of piperidine rings is 1. The predicted molar refractivity (Wildman–Crippen MR) is 100 cm³/mol. The summed E-state index contributed by atoms with van der Waals surface area (Å²) in [5.74, 6) is 0.706. The van der Waals surface area contributed by atoms with Gasteiger partial charge in [-0.25, -0.2) is 4.68 Å². The van der Waals surface area contributed by atoms with Gasteiger partial charge in [-0.15, -0.1) is 0 Å². The molecule has 1 aliphatic heterocycles. The van der Waals surface area contributed by atoms with Crippen molar-refractivity contribution in [2.45, 2.75) is 33.1 Å². The number of likely N-dealkylation sites (tertiary alicyclic amines) is 1. The van der Waals surface area contributed by atoms with Gasteiger partial charge in [-0.3, -0.25) is 4.79 Å². The lowest BCUT2D eigenvalue weighted by Crippen LogP contribution is -2.36. The van der Waals surface area contributed by atoms with Gasteiger partial charge in [-0.2, -0.15) is 5.10 Å². The zero-order chi connectivity index (χ0) is 18.1. The Labute approximate surface area is 153 Å². The van der Waals surface area contributed by atoms with Gasteiger partial charge in [0.1, 0.15) is 11.4 Å². The standard InChI is InChI=1S/C21H23N3O2/c1-15-8-9-16(2)18(13-15)24-19(21(25)23-10-4-3-5-11-23)14-17(22-24)20-7-6-12-26-20/h6-9,12-14H,3-5,10-11H2,1-2H3. The van der Waals surface area contributed by atoms with Crippen LogP contribution in [0.1, 0.15) is 40.9 Å². The Morgan fingerprint density at radius 1 is 1.08 bits per heavy atom. The maximum atomic E-state index is 13.2. The normalized spacial score (nSPS) is 14.6. The highest BCUT2D eigenvalue weighted by atomic mass is 16.3. The largest absolute Gasteiger partial charge is 0.463 e. The molecule has 1 aliphatic rings. The van der Waals surface area contributed by atoms with Crippen LogP contribution in [0.3, 0.4) is 0 Å². The van der Waals surface area contributed by atoms with Gasteiger partial charge in [-0.05, 0) is 62.4 Å². The second-order valence-corrected chi connectivity index (χ2v) is 6.95. The first-order valence-electron chi connectivity index (χ1n) is 9.14. The number of aryl methyl sites for hydroxylation is 2. The number of furan rings is 1. The summed E-state index contributed by atoms with van der Waals surface area (Å²) in [6, 6.07) is 11.7. The number of benzene rings is 1. The van der Waals surface area contributed by atoms with Crippen molar-refractivity contribution in [1.29, 1.82) is 0 Å². The molecule has 1 saturated heterocycles. The molecule has 0 atom stereocenters. The highest BCUT2D eigenvalue weighted by Crippen LogP contribution is 2.26. The summed E-state index contributed by atoms with van der Waals surface area (Å²) in [6.45, 7) is 5.71. The topological polar surface area (TPSA) is 51.3 Å². The first-order chi connectivity index (χ1) is 12.6. The third-order valence-corrected chi connectivity index (χ3v) is 4.94. The Morgan fingerprint density at radius 2 is 1.88 bits per heavy atom. The fourth-order valence-corrected chi connectivity index (χ4v) is 3.47. The second kappa shape index (κ2) is 6.83. The molecule has 0 unspecified atom stereocenters. The minimum Gasteiger partial charge on any atom is -0.463 e. The fourth-order valence-electron chi connectivity index (χ4n) is 3.47. The van der Waals surface area contributed by atoms with Crippen LogP contribution in [-0.4, -0.2) is 33.7 Å². The van der Waals surface area contributed by atoms with Crippen LogP contribution in [0.2, 0.25) is 0 Å². The molecule has 3 heterocycles. The lowest BCUT2D eigenvalue weighted by atomic mass is 10.1. The van der Waals surface area contributed by atoms with Gasteiger partial charge < -0.3 is 9.32 Å². The van der Waals surface area contributed by atoms with Crippen molar-refractivity contribution in [3.8, 4) is 17.1 Å². The van der Waals surface area contributed by atoms with Gasteiger partial charge in [0.05, 0.1) is 12.0 Å². The molecule has 2 aromatic heterocycles. The van der Waals surface area contributed by atoms with E-state index in [-0.39, 0.29) is 5.91 Å². The van der Waals surface area contributed by atoms with E-state index in [1.165, 1.54) is 6.42 Å². The molecule has 0 aliphatic carbocycles. The maximum Gasteiger partial charge on any atom is 0.272 e. The van der Waals surface area contributed by atoms with Gasteiger partial charge in [0, 0.05) is 19.2 Å². The Hall–Kier alpha value is -2.82. The summed E-state index contributed by atoms with van der Waals surface area (Å²) in [4.78, 5) is 15.1. The molecule has 26 heavy (non-hydrogen) atoms. The quantitative estimate of drug-likeness (QED) is 0.705. The van der Waals surface area contributed by atoms with Crippen molar-refractivity contribution in [1.82, 2.24) is 14.7 Å². The van der Waals surface area contributed by atoms with Crippen molar-refractivity contribution in [2.75, 3.05) is 13.1 Å². The molecule has 1 aromatic carbocycles. The average Bonchev–Trinajstić information content (AvgIpc) is 3.33. The van der Waals surface area contributed by atoms with Crippen LogP contribution < -0.4 is 0 Å². The van der Waals surface area contributed by atoms with Crippen LogP contribution >= 0.6 is 0 Å². The van der Waals surface area contributed by atoms with Crippen molar-refractivity contribution in [3.05, 3.63) is 59.5 Å². The lowest BCUT2D eigenvalue weighted by molar-refractivity contribution is 0.0715. The zero-order valence-electron chi connectivity index (χ0n) is 15.2. The molecule has 3 aromatic rings. The van der Waals surface area contributed by atoms with E-state index >= 15 is 0 Å². The van der Waals surface area contributed by atoms with Crippen molar-refractivity contribution >= 4 is 5.91 Å². The number of nitrogens with zero attached hydrogens (tertiary/aromatic N) is 3. The molecular formula is C21H23N3O2. The summed E-state index contributed by atoms with van der Waals surface area (Å²) in [5.41, 5.74) is 4.42. The molecule has 1 fully saturated rings. The van der Waals surface area contributed by atoms with E-state index in [1.807, 2.05) is 36.9 Å². The van der Waals surface area contributed by atoms with Gasteiger partial charge >= 0.3 is 0 Å². The van der Waals surface area contributed by atoms with Crippen molar-refractivity contribution in [3.63, 3.8) is 0 Å². The molecule has 0 spiro atoms. The minimum atomic E-state index is 0.0379. The van der Waals surface area contributed by atoms with Crippen LogP contribution in [0.25, 0.3) is 17.1 Å². The number of amides is 1. The van der Waals surface area contributed by atoms with E-state index in [0.717, 1.165) is 42.7 Å². The second-order valence-electron chi connectivity index (χ2n) is 6.95. The number of carbonyl (C=O) groups is 1. The Balaban J connectivity index is 1.83. The molecule has 0 N–H and O–H groups in total. The number of rotatable bonds is 3. The minimum absolute atomic E-state index is 0.0379. The molecule has 0 saturated carbocycles. The molecule has 5 heteroatoms. The van der Waals surface area contributed by atoms with E-state index in [9.17, 15) is 4.79 Å². The van der Waals surface area contributed by atoms with Gasteiger partial charge in [0.15, 0.2) is 5.76 Å². The van der Waals surface area contributed by atoms with Crippen LogP contribution in [0.15, 0.2) is 47.1 Å². The van der Waals surface area contributed by atoms with Crippen molar-refractivity contribution < 1.29 is 9.21 Å². The summed E-state index contributed by atoms with van der Waals surface area (Å²) in [6.07, 6.45) is 4.94. The van der Waals surface area contributed by atoms with E-state index in [0.29, 0.717) is 17.1 Å². The Bertz CT molecular complexity index is 919. The smallest absolute Gasteiger partial charge is 0.272 e. The monoisotopic (exact) mass is 349 g/mol. The Morgan fingerprint density at radius 3 is 2.62 bits per heavy atom. The maximum absolute atomic E-state index is 13.2. The molecule has 0 bridgehead atoms. The van der Waals surface area contributed by atoms with E-state index in [2.05, 4.69) is 18.2 Å².